The van der Waals surface area contributed by atoms with E-state index in [1.165, 1.54) is 0 Å². The molecule has 0 radical (unpaired) electrons. The summed E-state index contributed by atoms with van der Waals surface area (Å²) >= 11 is 0. The summed E-state index contributed by atoms with van der Waals surface area (Å²) in [7, 11) is 0. The van der Waals surface area contributed by atoms with E-state index >= 15 is 0 Å². The molecule has 0 heterocycles. The molecule has 2 aromatic rings. The Balaban J connectivity index is 1.69. The summed E-state index contributed by atoms with van der Waals surface area (Å²) in [6.07, 6.45) is 0.105. The highest BCUT2D eigenvalue weighted by atomic mass is 16.2. The van der Waals surface area contributed by atoms with Crippen molar-refractivity contribution < 1.29 is 14.4 Å². The number of aryl methyl sites for hydroxylation is 1. The summed E-state index contributed by atoms with van der Waals surface area (Å²) in [5, 5.41) is 8.14. The Hall–Kier alpha value is -3.15. The van der Waals surface area contributed by atoms with E-state index in [0.29, 0.717) is 12.1 Å². The second-order valence-corrected chi connectivity index (χ2v) is 6.31. The monoisotopic (exact) mass is 367 g/mol. The number of carbonyl (C=O) groups is 3. The lowest BCUT2D eigenvalue weighted by atomic mass is 10.1. The SMILES string of the molecule is Cc1ccccc1C(=O)NCCC(=O)NC(C)C(=O)NCc1ccccc1. The van der Waals surface area contributed by atoms with Gasteiger partial charge in [-0.05, 0) is 31.0 Å². The number of benzene rings is 2. The van der Waals surface area contributed by atoms with Crippen LogP contribution in [-0.4, -0.2) is 30.3 Å². The third-order valence-corrected chi connectivity index (χ3v) is 4.11. The van der Waals surface area contributed by atoms with Crippen LogP contribution in [0.4, 0.5) is 0 Å². The number of hydrogen-bond acceptors (Lipinski definition) is 3. The van der Waals surface area contributed by atoms with Crippen LogP contribution in [-0.2, 0) is 16.1 Å². The number of carbonyl (C=O) groups excluding carboxylic acids is 3. The van der Waals surface area contributed by atoms with Gasteiger partial charge in [-0.15, -0.1) is 0 Å². The lowest BCUT2D eigenvalue weighted by molar-refractivity contribution is -0.128. The largest absolute Gasteiger partial charge is 0.352 e. The van der Waals surface area contributed by atoms with Gasteiger partial charge in [0.15, 0.2) is 0 Å². The van der Waals surface area contributed by atoms with Crippen molar-refractivity contribution in [1.29, 1.82) is 0 Å². The van der Waals surface area contributed by atoms with Crippen molar-refractivity contribution in [3.63, 3.8) is 0 Å². The fraction of sp³-hybridized carbons (Fsp3) is 0.286. The van der Waals surface area contributed by atoms with Crippen molar-refractivity contribution in [2.24, 2.45) is 0 Å². The first kappa shape index (κ1) is 20.2. The molecule has 1 atom stereocenters. The molecule has 0 saturated heterocycles. The number of amides is 3. The minimum absolute atomic E-state index is 0.105. The maximum atomic E-state index is 12.1. The van der Waals surface area contributed by atoms with Crippen LogP contribution in [0.5, 0.6) is 0 Å². The second-order valence-electron chi connectivity index (χ2n) is 6.31. The Morgan fingerprint density at radius 2 is 1.59 bits per heavy atom. The molecule has 6 heteroatoms. The van der Waals surface area contributed by atoms with Crippen molar-refractivity contribution in [2.45, 2.75) is 32.9 Å². The molecule has 0 aliphatic carbocycles. The van der Waals surface area contributed by atoms with Gasteiger partial charge in [0.25, 0.3) is 5.91 Å². The molecule has 0 spiro atoms. The van der Waals surface area contributed by atoms with Gasteiger partial charge < -0.3 is 16.0 Å². The van der Waals surface area contributed by atoms with E-state index in [9.17, 15) is 14.4 Å². The minimum Gasteiger partial charge on any atom is -0.352 e. The van der Waals surface area contributed by atoms with Gasteiger partial charge in [0.1, 0.15) is 6.04 Å². The van der Waals surface area contributed by atoms with Gasteiger partial charge in [-0.2, -0.15) is 0 Å². The smallest absolute Gasteiger partial charge is 0.251 e. The average Bonchev–Trinajstić information content (AvgIpc) is 2.67. The van der Waals surface area contributed by atoms with Crippen LogP contribution in [0.3, 0.4) is 0 Å². The third kappa shape index (κ3) is 6.58. The third-order valence-electron chi connectivity index (χ3n) is 4.11. The van der Waals surface area contributed by atoms with Gasteiger partial charge in [0, 0.05) is 25.1 Å². The highest BCUT2D eigenvalue weighted by Gasteiger charge is 2.15. The molecule has 1 unspecified atom stereocenters. The molecule has 0 aliphatic rings. The lowest BCUT2D eigenvalue weighted by Crippen LogP contribution is -2.45. The quantitative estimate of drug-likeness (QED) is 0.666. The lowest BCUT2D eigenvalue weighted by Gasteiger charge is -2.14. The molecule has 27 heavy (non-hydrogen) atoms. The minimum atomic E-state index is -0.645. The van der Waals surface area contributed by atoms with Crippen LogP contribution in [0.2, 0.25) is 0 Å². The summed E-state index contributed by atoms with van der Waals surface area (Å²) in [6.45, 7) is 4.10. The van der Waals surface area contributed by atoms with Crippen molar-refractivity contribution in [1.82, 2.24) is 16.0 Å². The van der Waals surface area contributed by atoms with Crippen LogP contribution in [0, 0.1) is 6.92 Å². The number of rotatable bonds is 8. The Labute approximate surface area is 159 Å². The van der Waals surface area contributed by atoms with E-state index in [1.807, 2.05) is 49.4 Å². The van der Waals surface area contributed by atoms with Gasteiger partial charge in [-0.1, -0.05) is 48.5 Å². The topological polar surface area (TPSA) is 87.3 Å². The van der Waals surface area contributed by atoms with E-state index in [4.69, 9.17) is 0 Å². The summed E-state index contributed by atoms with van der Waals surface area (Å²) in [6, 6.07) is 16.2. The fourth-order valence-corrected chi connectivity index (χ4v) is 2.53. The van der Waals surface area contributed by atoms with E-state index in [2.05, 4.69) is 16.0 Å². The van der Waals surface area contributed by atoms with E-state index in [1.54, 1.807) is 19.1 Å². The van der Waals surface area contributed by atoms with Crippen molar-refractivity contribution in [3.05, 3.63) is 71.3 Å². The Morgan fingerprint density at radius 1 is 0.926 bits per heavy atom. The highest BCUT2D eigenvalue weighted by molar-refractivity contribution is 5.95. The zero-order valence-corrected chi connectivity index (χ0v) is 15.6. The summed E-state index contributed by atoms with van der Waals surface area (Å²) in [5.41, 5.74) is 2.46. The van der Waals surface area contributed by atoms with Crippen LogP contribution in [0.1, 0.15) is 34.8 Å². The molecule has 6 nitrogen and oxygen atoms in total. The molecule has 3 amide bonds. The van der Waals surface area contributed by atoms with Crippen LogP contribution >= 0.6 is 0 Å². The van der Waals surface area contributed by atoms with Gasteiger partial charge >= 0.3 is 0 Å². The van der Waals surface area contributed by atoms with E-state index < -0.39 is 6.04 Å². The fourth-order valence-electron chi connectivity index (χ4n) is 2.53. The molecule has 2 aromatic carbocycles. The molecule has 2 rings (SSSR count). The summed E-state index contributed by atoms with van der Waals surface area (Å²) in [5.74, 6) is -0.756. The van der Waals surface area contributed by atoms with Crippen molar-refractivity contribution in [2.75, 3.05) is 6.54 Å². The maximum Gasteiger partial charge on any atom is 0.251 e. The van der Waals surface area contributed by atoms with Gasteiger partial charge in [-0.25, -0.2) is 0 Å². The Morgan fingerprint density at radius 3 is 2.30 bits per heavy atom. The number of hydrogen-bond donors (Lipinski definition) is 3. The predicted octanol–water partition coefficient (Wildman–Crippen LogP) is 1.94. The van der Waals surface area contributed by atoms with Crippen LogP contribution < -0.4 is 16.0 Å². The molecule has 0 aliphatic heterocycles. The summed E-state index contributed by atoms with van der Waals surface area (Å²) in [4.78, 5) is 36.1. The van der Waals surface area contributed by atoms with Crippen molar-refractivity contribution >= 4 is 17.7 Å². The standard InChI is InChI=1S/C21H25N3O3/c1-15-8-6-7-11-18(15)21(27)22-13-12-19(25)24-16(2)20(26)23-14-17-9-4-3-5-10-17/h3-11,16H,12-14H2,1-2H3,(H,22,27)(H,23,26)(H,24,25). The molecule has 3 N–H and O–H groups in total. The van der Waals surface area contributed by atoms with E-state index in [0.717, 1.165) is 11.1 Å². The second kappa shape index (κ2) is 10.1. The van der Waals surface area contributed by atoms with Crippen LogP contribution in [0.25, 0.3) is 0 Å². The Bertz CT molecular complexity index is 790. The van der Waals surface area contributed by atoms with Gasteiger partial charge in [0.05, 0.1) is 0 Å². The molecular weight excluding hydrogens is 342 g/mol. The zero-order valence-electron chi connectivity index (χ0n) is 15.6. The van der Waals surface area contributed by atoms with Crippen LogP contribution in [0.15, 0.2) is 54.6 Å². The molecule has 0 saturated carbocycles. The highest BCUT2D eigenvalue weighted by Crippen LogP contribution is 2.06. The predicted molar refractivity (Wildman–Crippen MR) is 104 cm³/mol. The van der Waals surface area contributed by atoms with E-state index in [-0.39, 0.29) is 30.7 Å². The Kier molecular flexibility index (Phi) is 7.55. The average molecular weight is 367 g/mol. The normalized spacial score (nSPS) is 11.3. The molecule has 0 aromatic heterocycles. The maximum absolute atomic E-state index is 12.1. The molecule has 0 bridgehead atoms. The molecular formula is C21H25N3O3. The summed E-state index contributed by atoms with van der Waals surface area (Å²) < 4.78 is 0. The van der Waals surface area contributed by atoms with Gasteiger partial charge in [-0.3, -0.25) is 14.4 Å². The van der Waals surface area contributed by atoms with Crippen molar-refractivity contribution in [3.8, 4) is 0 Å². The first-order valence-electron chi connectivity index (χ1n) is 8.92. The number of nitrogens with one attached hydrogen (secondary N) is 3. The zero-order chi connectivity index (χ0) is 19.6. The first-order valence-corrected chi connectivity index (χ1v) is 8.92. The molecule has 142 valence electrons. The molecule has 0 fully saturated rings. The van der Waals surface area contributed by atoms with Gasteiger partial charge in [0.2, 0.25) is 11.8 Å². The first-order chi connectivity index (χ1) is 13.0.